The van der Waals surface area contributed by atoms with Crippen LogP contribution in [0.5, 0.6) is 0 Å². The summed E-state index contributed by atoms with van der Waals surface area (Å²) in [7, 11) is -0.426. The molecule has 1 aliphatic heterocycles. The van der Waals surface area contributed by atoms with E-state index in [0.717, 1.165) is 22.4 Å². The summed E-state index contributed by atoms with van der Waals surface area (Å²) >= 11 is 0. The fourth-order valence-electron chi connectivity index (χ4n) is 3.10. The number of aryl methyl sites for hydroxylation is 1. The number of aromatic nitrogens is 2. The van der Waals surface area contributed by atoms with Crippen molar-refractivity contribution < 1.29 is 9.31 Å². The van der Waals surface area contributed by atoms with Crippen LogP contribution in [0.1, 0.15) is 50.2 Å². The van der Waals surface area contributed by atoms with Gasteiger partial charge in [0, 0.05) is 11.2 Å². The van der Waals surface area contributed by atoms with Gasteiger partial charge in [0.1, 0.15) is 0 Å². The molecule has 5 nitrogen and oxygen atoms in total. The lowest BCUT2D eigenvalue weighted by Gasteiger charge is -2.32. The molecule has 0 spiro atoms. The molecule has 0 aliphatic carbocycles. The first kappa shape index (κ1) is 17.7. The van der Waals surface area contributed by atoms with E-state index < -0.39 is 7.12 Å². The van der Waals surface area contributed by atoms with E-state index in [4.69, 9.17) is 9.31 Å². The number of hydrogen-bond acceptors (Lipinski definition) is 4. The number of nitrogens with zero attached hydrogens (tertiary/aromatic N) is 3. The molecule has 0 bridgehead atoms. The first-order valence-corrected chi connectivity index (χ1v) is 8.54. The average Bonchev–Trinajstić information content (AvgIpc) is 2.91. The second-order valence-corrected chi connectivity index (χ2v) is 7.60. The van der Waals surface area contributed by atoms with E-state index in [0.29, 0.717) is 12.1 Å². The molecule has 1 aliphatic rings. The smallest absolute Gasteiger partial charge is 0.399 e. The summed E-state index contributed by atoms with van der Waals surface area (Å²) in [5, 5.41) is 14.0. The van der Waals surface area contributed by atoms with Crippen molar-refractivity contribution in [2.75, 3.05) is 0 Å². The highest BCUT2D eigenvalue weighted by atomic mass is 16.7. The van der Waals surface area contributed by atoms with Crippen LogP contribution in [0.2, 0.25) is 0 Å². The molecule has 3 rings (SSSR count). The summed E-state index contributed by atoms with van der Waals surface area (Å²) in [6.45, 7) is 12.7. The van der Waals surface area contributed by atoms with Crippen molar-refractivity contribution in [3.8, 4) is 6.07 Å². The molecular weight excluding hydrogens is 313 g/mol. The van der Waals surface area contributed by atoms with Crippen molar-refractivity contribution in [3.05, 3.63) is 46.8 Å². The van der Waals surface area contributed by atoms with E-state index in [-0.39, 0.29) is 11.2 Å². The summed E-state index contributed by atoms with van der Waals surface area (Å²) in [6.07, 6.45) is 0. The first-order chi connectivity index (χ1) is 11.7. The van der Waals surface area contributed by atoms with Crippen LogP contribution in [-0.4, -0.2) is 28.1 Å². The van der Waals surface area contributed by atoms with Gasteiger partial charge in [0.2, 0.25) is 0 Å². The zero-order valence-corrected chi connectivity index (χ0v) is 15.8. The second-order valence-electron chi connectivity index (χ2n) is 7.60. The molecule has 0 atom stereocenters. The van der Waals surface area contributed by atoms with Crippen molar-refractivity contribution in [1.29, 1.82) is 5.26 Å². The summed E-state index contributed by atoms with van der Waals surface area (Å²) in [6, 6.07) is 9.85. The largest absolute Gasteiger partial charge is 0.498 e. The highest BCUT2D eigenvalue weighted by Gasteiger charge is 2.53. The third kappa shape index (κ3) is 2.99. The van der Waals surface area contributed by atoms with Gasteiger partial charge in [0.15, 0.2) is 0 Å². The van der Waals surface area contributed by atoms with E-state index in [9.17, 15) is 5.26 Å². The zero-order valence-electron chi connectivity index (χ0n) is 15.8. The quantitative estimate of drug-likeness (QED) is 0.808. The van der Waals surface area contributed by atoms with Crippen LogP contribution in [-0.2, 0) is 15.9 Å². The fraction of sp³-hybridized carbons (Fsp3) is 0.474. The standard InChI is InChI=1S/C19H24BN3O2/c1-13-17(20-24-18(3,4)19(5,6)25-20)14(2)23(22-13)12-16-10-8-7-9-15(16)11-21/h7-10H,12H2,1-6H3. The van der Waals surface area contributed by atoms with Gasteiger partial charge in [-0.05, 0) is 53.2 Å². The lowest BCUT2D eigenvalue weighted by atomic mass is 9.77. The van der Waals surface area contributed by atoms with E-state index in [1.165, 1.54) is 0 Å². The van der Waals surface area contributed by atoms with Crippen molar-refractivity contribution in [2.24, 2.45) is 0 Å². The van der Waals surface area contributed by atoms with Crippen molar-refractivity contribution in [3.63, 3.8) is 0 Å². The second kappa shape index (κ2) is 6.01. The summed E-state index contributed by atoms with van der Waals surface area (Å²) in [5.74, 6) is 0. The van der Waals surface area contributed by atoms with Gasteiger partial charge >= 0.3 is 7.12 Å². The molecule has 1 fully saturated rings. The first-order valence-electron chi connectivity index (χ1n) is 8.54. The Kier molecular flexibility index (Phi) is 4.26. The number of hydrogen-bond donors (Lipinski definition) is 0. The van der Waals surface area contributed by atoms with Gasteiger partial charge in [-0.15, -0.1) is 0 Å². The molecule has 2 heterocycles. The predicted molar refractivity (Wildman–Crippen MR) is 97.7 cm³/mol. The van der Waals surface area contributed by atoms with E-state index >= 15 is 0 Å². The molecule has 6 heteroatoms. The number of nitriles is 1. The Hall–Kier alpha value is -2.10. The van der Waals surface area contributed by atoms with Crippen LogP contribution >= 0.6 is 0 Å². The van der Waals surface area contributed by atoms with Crippen LogP contribution in [0, 0.1) is 25.2 Å². The number of benzene rings is 1. The Bertz CT molecular complexity index is 833. The molecule has 0 unspecified atom stereocenters. The Balaban J connectivity index is 1.94. The highest BCUT2D eigenvalue weighted by molar-refractivity contribution is 6.63. The van der Waals surface area contributed by atoms with E-state index in [2.05, 4.69) is 11.2 Å². The molecule has 130 valence electrons. The van der Waals surface area contributed by atoms with E-state index in [1.807, 2.05) is 70.5 Å². The Labute approximate surface area is 149 Å². The minimum atomic E-state index is -0.426. The van der Waals surface area contributed by atoms with Gasteiger partial charge in [-0.2, -0.15) is 10.4 Å². The molecule has 1 saturated heterocycles. The summed E-state index contributed by atoms with van der Waals surface area (Å²) in [5.41, 5.74) is 3.74. The maximum absolute atomic E-state index is 9.29. The van der Waals surface area contributed by atoms with Gasteiger partial charge in [0.25, 0.3) is 0 Å². The van der Waals surface area contributed by atoms with Crippen molar-refractivity contribution in [2.45, 2.75) is 59.3 Å². The topological polar surface area (TPSA) is 60.1 Å². The monoisotopic (exact) mass is 337 g/mol. The molecule has 1 aromatic heterocycles. The third-order valence-electron chi connectivity index (χ3n) is 5.38. The van der Waals surface area contributed by atoms with Gasteiger partial charge in [-0.3, -0.25) is 4.68 Å². The Morgan fingerprint density at radius 2 is 1.72 bits per heavy atom. The third-order valence-corrected chi connectivity index (χ3v) is 5.38. The highest BCUT2D eigenvalue weighted by Crippen LogP contribution is 2.36. The Morgan fingerprint density at radius 1 is 1.12 bits per heavy atom. The van der Waals surface area contributed by atoms with Gasteiger partial charge in [-0.25, -0.2) is 0 Å². The van der Waals surface area contributed by atoms with Crippen LogP contribution in [0.3, 0.4) is 0 Å². The van der Waals surface area contributed by atoms with Crippen LogP contribution in [0.25, 0.3) is 0 Å². The Morgan fingerprint density at radius 3 is 2.32 bits per heavy atom. The number of rotatable bonds is 3. The van der Waals surface area contributed by atoms with Gasteiger partial charge in [-0.1, -0.05) is 18.2 Å². The van der Waals surface area contributed by atoms with Crippen LogP contribution < -0.4 is 5.46 Å². The average molecular weight is 337 g/mol. The predicted octanol–water partition coefficient (Wildman–Crippen LogP) is 2.72. The van der Waals surface area contributed by atoms with Gasteiger partial charge < -0.3 is 9.31 Å². The maximum Gasteiger partial charge on any atom is 0.498 e. The molecule has 0 radical (unpaired) electrons. The van der Waals surface area contributed by atoms with Crippen molar-refractivity contribution >= 4 is 12.6 Å². The minimum Gasteiger partial charge on any atom is -0.399 e. The molecule has 1 aromatic carbocycles. The van der Waals surface area contributed by atoms with Crippen LogP contribution in [0.4, 0.5) is 0 Å². The lowest BCUT2D eigenvalue weighted by molar-refractivity contribution is 0.00578. The molecule has 0 saturated carbocycles. The molecular formula is C19H24BN3O2. The summed E-state index contributed by atoms with van der Waals surface area (Å²) < 4.78 is 14.3. The molecule has 0 N–H and O–H groups in total. The summed E-state index contributed by atoms with van der Waals surface area (Å²) in [4.78, 5) is 0. The van der Waals surface area contributed by atoms with Crippen LogP contribution in [0.15, 0.2) is 24.3 Å². The zero-order chi connectivity index (χ0) is 18.4. The minimum absolute atomic E-state index is 0.383. The van der Waals surface area contributed by atoms with Crippen molar-refractivity contribution in [1.82, 2.24) is 9.78 Å². The molecule has 0 amide bonds. The fourth-order valence-corrected chi connectivity index (χ4v) is 3.10. The molecule has 2 aromatic rings. The molecule has 25 heavy (non-hydrogen) atoms. The normalized spacial score (nSPS) is 18.4. The SMILES string of the molecule is Cc1nn(Cc2ccccc2C#N)c(C)c1B1OC(C)(C)C(C)(C)O1. The maximum atomic E-state index is 9.29. The van der Waals surface area contributed by atoms with Gasteiger partial charge in [0.05, 0.1) is 35.1 Å². The van der Waals surface area contributed by atoms with E-state index in [1.54, 1.807) is 0 Å². The lowest BCUT2D eigenvalue weighted by Crippen LogP contribution is -2.41.